The first-order valence-electron chi connectivity index (χ1n) is 4.54. The van der Waals surface area contributed by atoms with Gasteiger partial charge >= 0.3 is 0 Å². The Labute approximate surface area is 82.2 Å². The molecule has 1 aliphatic heterocycles. The molecule has 0 atom stereocenters. The fraction of sp³-hybridized carbons (Fsp3) is 0.273. The lowest BCUT2D eigenvalue weighted by Crippen LogP contribution is -2.17. The summed E-state index contributed by atoms with van der Waals surface area (Å²) in [6.45, 7) is 2.92. The number of nitrogens with two attached hydrogens (primary N) is 1. The largest absolute Gasteiger partial charge is 0.489 e. The maximum Gasteiger partial charge on any atom is 0.127 e. The SMILES string of the molecule is CC1=C(CN)COc2ccc(F)cc21. The Balaban J connectivity index is 2.55. The average Bonchev–Trinajstić information content (AvgIpc) is 2.20. The minimum absolute atomic E-state index is 0.245. The second kappa shape index (κ2) is 3.42. The van der Waals surface area contributed by atoms with Gasteiger partial charge in [-0.2, -0.15) is 0 Å². The molecule has 0 unspecified atom stereocenters. The molecule has 0 amide bonds. The lowest BCUT2D eigenvalue weighted by molar-refractivity contribution is 0.343. The van der Waals surface area contributed by atoms with Crippen molar-refractivity contribution >= 4 is 5.57 Å². The number of benzene rings is 1. The van der Waals surface area contributed by atoms with Crippen LogP contribution in [0.2, 0.25) is 0 Å². The van der Waals surface area contributed by atoms with Gasteiger partial charge in [0.25, 0.3) is 0 Å². The number of hydrogen-bond donors (Lipinski definition) is 1. The monoisotopic (exact) mass is 193 g/mol. The summed E-state index contributed by atoms with van der Waals surface area (Å²) in [6, 6.07) is 4.54. The van der Waals surface area contributed by atoms with E-state index in [0.717, 1.165) is 22.5 Å². The van der Waals surface area contributed by atoms with Crippen molar-refractivity contribution in [2.75, 3.05) is 13.2 Å². The average molecular weight is 193 g/mol. The van der Waals surface area contributed by atoms with Gasteiger partial charge in [-0.25, -0.2) is 4.39 Å². The van der Waals surface area contributed by atoms with Crippen molar-refractivity contribution in [2.24, 2.45) is 5.73 Å². The molecule has 1 aromatic rings. The lowest BCUT2D eigenvalue weighted by atomic mass is 9.98. The molecule has 2 nitrogen and oxygen atoms in total. The highest BCUT2D eigenvalue weighted by Gasteiger charge is 2.16. The Morgan fingerprint density at radius 1 is 1.50 bits per heavy atom. The van der Waals surface area contributed by atoms with Crippen LogP contribution in [0.25, 0.3) is 5.57 Å². The summed E-state index contributed by atoms with van der Waals surface area (Å²) >= 11 is 0. The number of ether oxygens (including phenoxy) is 1. The topological polar surface area (TPSA) is 35.2 Å². The summed E-state index contributed by atoms with van der Waals surface area (Å²) < 4.78 is 18.4. The normalized spacial score (nSPS) is 15.1. The van der Waals surface area contributed by atoms with Crippen molar-refractivity contribution in [3.8, 4) is 5.75 Å². The third-order valence-corrected chi connectivity index (χ3v) is 2.52. The first kappa shape index (κ1) is 9.21. The highest BCUT2D eigenvalue weighted by atomic mass is 19.1. The third-order valence-electron chi connectivity index (χ3n) is 2.52. The molecule has 0 aromatic heterocycles. The van der Waals surface area contributed by atoms with E-state index in [9.17, 15) is 4.39 Å². The van der Waals surface area contributed by atoms with Crippen molar-refractivity contribution in [2.45, 2.75) is 6.92 Å². The van der Waals surface area contributed by atoms with Crippen LogP contribution in [0.5, 0.6) is 5.75 Å². The van der Waals surface area contributed by atoms with E-state index in [-0.39, 0.29) is 5.82 Å². The number of halogens is 1. The summed E-state index contributed by atoms with van der Waals surface area (Å²) in [5.74, 6) is 0.492. The molecule has 2 rings (SSSR count). The van der Waals surface area contributed by atoms with Crippen molar-refractivity contribution in [1.82, 2.24) is 0 Å². The van der Waals surface area contributed by atoms with E-state index in [4.69, 9.17) is 10.5 Å². The van der Waals surface area contributed by atoms with E-state index in [0.29, 0.717) is 13.2 Å². The van der Waals surface area contributed by atoms with E-state index in [2.05, 4.69) is 0 Å². The van der Waals surface area contributed by atoms with Gasteiger partial charge in [0.1, 0.15) is 18.2 Å². The first-order chi connectivity index (χ1) is 6.72. The van der Waals surface area contributed by atoms with Gasteiger partial charge in [0.05, 0.1) is 0 Å². The van der Waals surface area contributed by atoms with E-state index >= 15 is 0 Å². The van der Waals surface area contributed by atoms with Crippen LogP contribution >= 0.6 is 0 Å². The fourth-order valence-corrected chi connectivity index (χ4v) is 1.60. The molecule has 14 heavy (non-hydrogen) atoms. The smallest absolute Gasteiger partial charge is 0.127 e. The van der Waals surface area contributed by atoms with Crippen molar-refractivity contribution in [3.05, 3.63) is 35.2 Å². The van der Waals surface area contributed by atoms with Gasteiger partial charge in [-0.05, 0) is 36.3 Å². The van der Waals surface area contributed by atoms with Crippen LogP contribution in [0.15, 0.2) is 23.8 Å². The van der Waals surface area contributed by atoms with E-state index in [1.54, 1.807) is 6.07 Å². The standard InChI is InChI=1S/C11H12FNO/c1-7-8(5-13)6-14-11-3-2-9(12)4-10(7)11/h2-4H,5-6,13H2,1H3. The minimum Gasteiger partial charge on any atom is -0.489 e. The molecular formula is C11H12FNO. The van der Waals surface area contributed by atoms with Crippen LogP contribution in [0.1, 0.15) is 12.5 Å². The molecule has 1 aromatic carbocycles. The van der Waals surface area contributed by atoms with E-state index < -0.39 is 0 Å². The van der Waals surface area contributed by atoms with Crippen LogP contribution in [0, 0.1) is 5.82 Å². The molecule has 0 saturated heterocycles. The molecule has 1 heterocycles. The predicted molar refractivity (Wildman–Crippen MR) is 53.5 cm³/mol. The summed E-state index contributed by atoms with van der Waals surface area (Å²) in [5, 5.41) is 0. The molecule has 3 heteroatoms. The maximum absolute atomic E-state index is 13.0. The number of allylic oxidation sites excluding steroid dienone is 1. The molecule has 0 spiro atoms. The Bertz CT molecular complexity index is 398. The second-order valence-electron chi connectivity index (χ2n) is 3.36. The van der Waals surface area contributed by atoms with E-state index in [1.165, 1.54) is 12.1 Å². The number of rotatable bonds is 1. The van der Waals surface area contributed by atoms with Crippen molar-refractivity contribution < 1.29 is 9.13 Å². The van der Waals surface area contributed by atoms with Crippen molar-refractivity contribution in [1.29, 1.82) is 0 Å². The van der Waals surface area contributed by atoms with Gasteiger partial charge in [-0.1, -0.05) is 0 Å². The quantitative estimate of drug-likeness (QED) is 0.739. The van der Waals surface area contributed by atoms with Crippen molar-refractivity contribution in [3.63, 3.8) is 0 Å². The molecule has 0 saturated carbocycles. The molecule has 0 aliphatic carbocycles. The van der Waals surface area contributed by atoms with Gasteiger partial charge < -0.3 is 10.5 Å². The fourth-order valence-electron chi connectivity index (χ4n) is 1.60. The van der Waals surface area contributed by atoms with Crippen LogP contribution < -0.4 is 10.5 Å². The zero-order valence-electron chi connectivity index (χ0n) is 8.01. The number of hydrogen-bond acceptors (Lipinski definition) is 2. The Morgan fingerprint density at radius 2 is 2.29 bits per heavy atom. The molecule has 0 fully saturated rings. The summed E-state index contributed by atoms with van der Waals surface area (Å²) in [6.07, 6.45) is 0. The lowest BCUT2D eigenvalue weighted by Gasteiger charge is -2.21. The van der Waals surface area contributed by atoms with Gasteiger partial charge in [-0.3, -0.25) is 0 Å². The highest BCUT2D eigenvalue weighted by Crippen LogP contribution is 2.32. The second-order valence-corrected chi connectivity index (χ2v) is 3.36. The molecular weight excluding hydrogens is 181 g/mol. The molecule has 2 N–H and O–H groups in total. The molecule has 74 valence electrons. The first-order valence-corrected chi connectivity index (χ1v) is 4.54. The van der Waals surface area contributed by atoms with Gasteiger partial charge in [0.2, 0.25) is 0 Å². The summed E-state index contributed by atoms with van der Waals surface area (Å²) in [7, 11) is 0. The highest BCUT2D eigenvalue weighted by molar-refractivity contribution is 5.73. The predicted octanol–water partition coefficient (Wildman–Crippen LogP) is 1.95. The van der Waals surface area contributed by atoms with Gasteiger partial charge in [0, 0.05) is 12.1 Å². The minimum atomic E-state index is -0.245. The zero-order chi connectivity index (χ0) is 10.1. The maximum atomic E-state index is 13.0. The third kappa shape index (κ3) is 1.40. The Hall–Kier alpha value is -1.35. The van der Waals surface area contributed by atoms with Gasteiger partial charge in [0.15, 0.2) is 0 Å². The number of fused-ring (bicyclic) bond motifs is 1. The Morgan fingerprint density at radius 3 is 3.00 bits per heavy atom. The van der Waals surface area contributed by atoms with Crippen LogP contribution in [0.3, 0.4) is 0 Å². The van der Waals surface area contributed by atoms with Crippen LogP contribution in [-0.4, -0.2) is 13.2 Å². The Kier molecular flexibility index (Phi) is 2.25. The van der Waals surface area contributed by atoms with Crippen LogP contribution in [-0.2, 0) is 0 Å². The van der Waals surface area contributed by atoms with Crippen LogP contribution in [0.4, 0.5) is 4.39 Å². The molecule has 0 radical (unpaired) electrons. The van der Waals surface area contributed by atoms with Gasteiger partial charge in [-0.15, -0.1) is 0 Å². The zero-order valence-corrected chi connectivity index (χ0v) is 8.01. The summed E-state index contributed by atoms with van der Waals surface area (Å²) in [5.41, 5.74) is 8.44. The summed E-state index contributed by atoms with van der Waals surface area (Å²) in [4.78, 5) is 0. The molecule has 0 bridgehead atoms. The molecule has 1 aliphatic rings. The van der Waals surface area contributed by atoms with E-state index in [1.807, 2.05) is 6.92 Å².